The lowest BCUT2D eigenvalue weighted by atomic mass is 10.2. The van der Waals surface area contributed by atoms with Crippen molar-refractivity contribution in [3.8, 4) is 0 Å². The van der Waals surface area contributed by atoms with Crippen LogP contribution in [-0.2, 0) is 11.3 Å². The Labute approximate surface area is 87.1 Å². The smallest absolute Gasteiger partial charge is 0.325 e. The minimum Gasteiger partial charge on any atom is -0.480 e. The van der Waals surface area contributed by atoms with Gasteiger partial charge >= 0.3 is 5.97 Å². The summed E-state index contributed by atoms with van der Waals surface area (Å²) in [7, 11) is 0. The Morgan fingerprint density at radius 1 is 1.33 bits per heavy atom. The number of aliphatic carboxylic acids is 1. The molecule has 0 amide bonds. The number of hydrogen-bond acceptors (Lipinski definition) is 4. The summed E-state index contributed by atoms with van der Waals surface area (Å²) in [6.07, 6.45) is 0. The number of aliphatic hydroxyl groups is 1. The molecule has 0 aliphatic rings. The summed E-state index contributed by atoms with van der Waals surface area (Å²) >= 11 is 0. The molecule has 3 N–H and O–H groups in total. The first-order chi connectivity index (χ1) is 7.15. The van der Waals surface area contributed by atoms with E-state index in [1.807, 2.05) is 6.07 Å². The second-order valence-corrected chi connectivity index (χ2v) is 3.12. The highest BCUT2D eigenvalue weighted by Crippen LogP contribution is 2.05. The van der Waals surface area contributed by atoms with Crippen LogP contribution < -0.4 is 0 Å². The van der Waals surface area contributed by atoms with E-state index in [1.165, 1.54) is 0 Å². The Morgan fingerprint density at radius 3 is 2.40 bits per heavy atom. The van der Waals surface area contributed by atoms with E-state index >= 15 is 0 Å². The number of carboxylic acid groups (broad SMARTS) is 1. The summed E-state index contributed by atoms with van der Waals surface area (Å²) in [6, 6.07) is 7.64. The van der Waals surface area contributed by atoms with Gasteiger partial charge in [0.15, 0.2) is 6.04 Å². The van der Waals surface area contributed by atoms with Crippen LogP contribution in [0.2, 0.25) is 0 Å². The molecule has 0 aliphatic heterocycles. The van der Waals surface area contributed by atoms with Gasteiger partial charge in [0.25, 0.3) is 0 Å². The maximum Gasteiger partial charge on any atom is 0.325 e. The summed E-state index contributed by atoms with van der Waals surface area (Å²) in [5.74, 6) is -1.25. The SMILES string of the molecule is O=C(O)[C@H](CO)N(O)Cc1ccccc1. The van der Waals surface area contributed by atoms with Crippen LogP contribution in [-0.4, -0.2) is 39.1 Å². The zero-order valence-corrected chi connectivity index (χ0v) is 8.08. The Bertz CT molecular complexity index is 314. The van der Waals surface area contributed by atoms with Crippen LogP contribution in [0.15, 0.2) is 30.3 Å². The highest BCUT2D eigenvalue weighted by atomic mass is 16.5. The third-order valence-corrected chi connectivity index (χ3v) is 2.01. The van der Waals surface area contributed by atoms with E-state index < -0.39 is 18.6 Å². The van der Waals surface area contributed by atoms with E-state index in [0.29, 0.717) is 5.06 Å². The second kappa shape index (κ2) is 5.45. The Hall–Kier alpha value is -1.43. The summed E-state index contributed by atoms with van der Waals surface area (Å²) in [6.45, 7) is -0.558. The third-order valence-electron chi connectivity index (χ3n) is 2.01. The van der Waals surface area contributed by atoms with Crippen LogP contribution in [0.1, 0.15) is 5.56 Å². The molecule has 0 heterocycles. The first-order valence-corrected chi connectivity index (χ1v) is 4.48. The van der Waals surface area contributed by atoms with Gasteiger partial charge in [0, 0.05) is 6.54 Å². The molecular formula is C10H13NO4. The first-order valence-electron chi connectivity index (χ1n) is 4.48. The predicted molar refractivity (Wildman–Crippen MR) is 52.3 cm³/mol. The molecule has 1 aromatic carbocycles. The molecule has 0 saturated heterocycles. The van der Waals surface area contributed by atoms with Gasteiger partial charge in [0.2, 0.25) is 0 Å². The number of carbonyl (C=O) groups is 1. The Morgan fingerprint density at radius 2 is 1.93 bits per heavy atom. The number of hydroxylamine groups is 2. The minimum atomic E-state index is -1.29. The maximum absolute atomic E-state index is 10.6. The van der Waals surface area contributed by atoms with E-state index in [0.717, 1.165) is 5.56 Å². The molecule has 0 bridgehead atoms. The number of nitrogens with zero attached hydrogens (tertiary/aromatic N) is 1. The molecular weight excluding hydrogens is 198 g/mol. The molecule has 0 aromatic heterocycles. The van der Waals surface area contributed by atoms with Crippen LogP contribution in [0.5, 0.6) is 0 Å². The van der Waals surface area contributed by atoms with Crippen LogP contribution in [0.25, 0.3) is 0 Å². The topological polar surface area (TPSA) is 81.0 Å². The fourth-order valence-electron chi connectivity index (χ4n) is 1.18. The fourth-order valence-corrected chi connectivity index (χ4v) is 1.18. The van der Waals surface area contributed by atoms with E-state index in [-0.39, 0.29) is 6.54 Å². The number of rotatable bonds is 5. The van der Waals surface area contributed by atoms with Crippen molar-refractivity contribution < 1.29 is 20.2 Å². The predicted octanol–water partition coefficient (Wildman–Crippen LogP) is 0.323. The molecule has 0 spiro atoms. The molecule has 0 aliphatic carbocycles. The molecule has 0 saturated carbocycles. The largest absolute Gasteiger partial charge is 0.480 e. The molecule has 0 fully saturated rings. The van der Waals surface area contributed by atoms with Gasteiger partial charge in [-0.2, -0.15) is 5.06 Å². The molecule has 1 atom stereocenters. The molecule has 1 rings (SSSR count). The number of benzene rings is 1. The molecule has 82 valence electrons. The van der Waals surface area contributed by atoms with Gasteiger partial charge in [-0.3, -0.25) is 4.79 Å². The summed E-state index contributed by atoms with van der Waals surface area (Å²) in [5, 5.41) is 27.5. The van der Waals surface area contributed by atoms with E-state index in [2.05, 4.69) is 0 Å². The summed E-state index contributed by atoms with van der Waals surface area (Å²) in [4.78, 5) is 10.6. The average molecular weight is 211 g/mol. The van der Waals surface area contributed by atoms with Crippen LogP contribution in [0.3, 0.4) is 0 Å². The van der Waals surface area contributed by atoms with Crippen LogP contribution >= 0.6 is 0 Å². The summed E-state index contributed by atoms with van der Waals surface area (Å²) < 4.78 is 0. The molecule has 15 heavy (non-hydrogen) atoms. The standard InChI is InChI=1S/C10H13NO4/c12-7-9(10(13)14)11(15)6-8-4-2-1-3-5-8/h1-5,9,12,15H,6-7H2,(H,13,14)/t9-/m0/s1. The van der Waals surface area contributed by atoms with Crippen molar-refractivity contribution in [1.82, 2.24) is 5.06 Å². The molecule has 5 nitrogen and oxygen atoms in total. The highest BCUT2D eigenvalue weighted by molar-refractivity contribution is 5.73. The van der Waals surface area contributed by atoms with E-state index in [4.69, 9.17) is 10.2 Å². The van der Waals surface area contributed by atoms with Gasteiger partial charge in [0.05, 0.1) is 6.61 Å². The van der Waals surface area contributed by atoms with Crippen LogP contribution in [0, 0.1) is 0 Å². The zero-order chi connectivity index (χ0) is 11.3. The maximum atomic E-state index is 10.6. The zero-order valence-electron chi connectivity index (χ0n) is 8.08. The fraction of sp³-hybridized carbons (Fsp3) is 0.300. The van der Waals surface area contributed by atoms with Gasteiger partial charge in [-0.15, -0.1) is 0 Å². The third kappa shape index (κ3) is 3.32. The lowest BCUT2D eigenvalue weighted by molar-refractivity contribution is -0.177. The van der Waals surface area contributed by atoms with Crippen molar-refractivity contribution in [3.05, 3.63) is 35.9 Å². The quantitative estimate of drug-likeness (QED) is 0.611. The van der Waals surface area contributed by atoms with Crippen molar-refractivity contribution in [2.24, 2.45) is 0 Å². The lowest BCUT2D eigenvalue weighted by Gasteiger charge is -2.20. The van der Waals surface area contributed by atoms with Gasteiger partial charge < -0.3 is 15.4 Å². The van der Waals surface area contributed by atoms with Gasteiger partial charge in [-0.1, -0.05) is 30.3 Å². The number of hydrogen-bond donors (Lipinski definition) is 3. The van der Waals surface area contributed by atoms with Gasteiger partial charge in [-0.05, 0) is 5.56 Å². The normalized spacial score (nSPS) is 12.7. The average Bonchev–Trinajstić information content (AvgIpc) is 2.19. The van der Waals surface area contributed by atoms with Gasteiger partial charge in [0.1, 0.15) is 0 Å². The van der Waals surface area contributed by atoms with Crippen molar-refractivity contribution in [2.45, 2.75) is 12.6 Å². The molecule has 5 heteroatoms. The number of carboxylic acids is 1. The molecule has 0 unspecified atom stereocenters. The Balaban J connectivity index is 2.62. The van der Waals surface area contributed by atoms with Crippen molar-refractivity contribution in [3.63, 3.8) is 0 Å². The number of aliphatic hydroxyl groups excluding tert-OH is 1. The van der Waals surface area contributed by atoms with Crippen LogP contribution in [0.4, 0.5) is 0 Å². The molecule has 0 radical (unpaired) electrons. The summed E-state index contributed by atoms with van der Waals surface area (Å²) in [5.41, 5.74) is 0.778. The Kier molecular flexibility index (Phi) is 4.23. The minimum absolute atomic E-state index is 0.0678. The van der Waals surface area contributed by atoms with Crippen molar-refractivity contribution in [1.29, 1.82) is 0 Å². The monoisotopic (exact) mass is 211 g/mol. The van der Waals surface area contributed by atoms with Crippen molar-refractivity contribution >= 4 is 5.97 Å². The first kappa shape index (κ1) is 11.6. The van der Waals surface area contributed by atoms with Gasteiger partial charge in [-0.25, -0.2) is 0 Å². The van der Waals surface area contributed by atoms with E-state index in [9.17, 15) is 10.0 Å². The highest BCUT2D eigenvalue weighted by Gasteiger charge is 2.23. The second-order valence-electron chi connectivity index (χ2n) is 3.12. The lowest BCUT2D eigenvalue weighted by Crippen LogP contribution is -2.41. The van der Waals surface area contributed by atoms with Crippen molar-refractivity contribution in [2.75, 3.05) is 6.61 Å². The van der Waals surface area contributed by atoms with E-state index in [1.54, 1.807) is 24.3 Å². The molecule has 1 aromatic rings.